The third-order valence-corrected chi connectivity index (χ3v) is 2.48. The number of hydrogen-bond acceptors (Lipinski definition) is 7. The standard InChI is InChI=1S/C12H14N4O4/c1-6-4-8(5-9(14-6)18-3)10-15-11(20-16-10)7(2)19-12(13)17/h4-5,7H,1-3H3,(H2,13,17)/t7-/m0/s1. The number of ether oxygens (including phenoxy) is 2. The minimum atomic E-state index is -0.904. The number of hydrogen-bond donors (Lipinski definition) is 1. The average Bonchev–Trinajstić information content (AvgIpc) is 2.86. The lowest BCUT2D eigenvalue weighted by Crippen LogP contribution is -2.15. The molecule has 0 spiro atoms. The Morgan fingerprint density at radius 2 is 2.15 bits per heavy atom. The van der Waals surface area contributed by atoms with Gasteiger partial charge < -0.3 is 19.7 Å². The van der Waals surface area contributed by atoms with Crippen LogP contribution in [0.3, 0.4) is 0 Å². The molecule has 2 aromatic rings. The van der Waals surface area contributed by atoms with E-state index in [1.54, 1.807) is 19.1 Å². The summed E-state index contributed by atoms with van der Waals surface area (Å²) in [7, 11) is 1.52. The van der Waals surface area contributed by atoms with Crippen molar-refractivity contribution in [3.8, 4) is 17.3 Å². The Balaban J connectivity index is 2.28. The van der Waals surface area contributed by atoms with E-state index in [1.807, 2.05) is 6.92 Å². The van der Waals surface area contributed by atoms with Crippen molar-refractivity contribution in [2.75, 3.05) is 7.11 Å². The van der Waals surface area contributed by atoms with Crippen LogP contribution in [0.15, 0.2) is 16.7 Å². The summed E-state index contributed by atoms with van der Waals surface area (Å²) in [5.74, 6) is 0.962. The molecule has 0 saturated heterocycles. The van der Waals surface area contributed by atoms with Crippen molar-refractivity contribution in [3.05, 3.63) is 23.7 Å². The highest BCUT2D eigenvalue weighted by Gasteiger charge is 2.18. The fourth-order valence-electron chi connectivity index (χ4n) is 1.61. The third-order valence-electron chi connectivity index (χ3n) is 2.48. The lowest BCUT2D eigenvalue weighted by atomic mass is 10.2. The number of nitrogens with zero attached hydrogens (tertiary/aromatic N) is 3. The number of rotatable bonds is 4. The predicted octanol–water partition coefficient (Wildman–Crippen LogP) is 1.60. The second kappa shape index (κ2) is 5.55. The Morgan fingerprint density at radius 3 is 2.80 bits per heavy atom. The number of aryl methyl sites for hydroxylation is 1. The van der Waals surface area contributed by atoms with Crippen LogP contribution >= 0.6 is 0 Å². The maximum absolute atomic E-state index is 10.7. The second-order valence-corrected chi connectivity index (χ2v) is 4.07. The number of pyridine rings is 1. The van der Waals surface area contributed by atoms with E-state index >= 15 is 0 Å². The molecule has 0 radical (unpaired) electrons. The number of amides is 1. The first-order chi connectivity index (χ1) is 9.49. The van der Waals surface area contributed by atoms with E-state index in [9.17, 15) is 4.79 Å². The number of aromatic nitrogens is 3. The van der Waals surface area contributed by atoms with Gasteiger partial charge in [0.25, 0.3) is 5.89 Å². The molecule has 2 aromatic heterocycles. The third kappa shape index (κ3) is 3.02. The van der Waals surface area contributed by atoms with Gasteiger partial charge in [-0.25, -0.2) is 9.78 Å². The summed E-state index contributed by atoms with van der Waals surface area (Å²) in [5.41, 5.74) is 6.38. The molecule has 8 nitrogen and oxygen atoms in total. The average molecular weight is 278 g/mol. The molecule has 0 aliphatic heterocycles. The highest BCUT2D eigenvalue weighted by atomic mass is 16.6. The van der Waals surface area contributed by atoms with E-state index in [1.165, 1.54) is 7.11 Å². The van der Waals surface area contributed by atoms with Crippen molar-refractivity contribution in [1.29, 1.82) is 0 Å². The van der Waals surface area contributed by atoms with Crippen LogP contribution in [0.25, 0.3) is 11.4 Å². The molecule has 2 heterocycles. The van der Waals surface area contributed by atoms with E-state index in [4.69, 9.17) is 19.7 Å². The highest BCUT2D eigenvalue weighted by molar-refractivity contribution is 5.64. The van der Waals surface area contributed by atoms with Crippen LogP contribution in [0.2, 0.25) is 0 Å². The molecule has 2 N–H and O–H groups in total. The highest BCUT2D eigenvalue weighted by Crippen LogP contribution is 2.23. The van der Waals surface area contributed by atoms with Crippen LogP contribution < -0.4 is 10.5 Å². The molecule has 8 heteroatoms. The van der Waals surface area contributed by atoms with E-state index in [-0.39, 0.29) is 5.89 Å². The fourth-order valence-corrected chi connectivity index (χ4v) is 1.61. The summed E-state index contributed by atoms with van der Waals surface area (Å²) in [6, 6.07) is 3.47. The molecule has 1 amide bonds. The van der Waals surface area contributed by atoms with Crippen molar-refractivity contribution in [1.82, 2.24) is 15.1 Å². The number of primary amides is 1. The summed E-state index contributed by atoms with van der Waals surface area (Å²) >= 11 is 0. The molecule has 1 atom stereocenters. The first kappa shape index (κ1) is 13.8. The second-order valence-electron chi connectivity index (χ2n) is 4.07. The summed E-state index contributed by atoms with van der Waals surface area (Å²) in [4.78, 5) is 19.0. The Hall–Kier alpha value is -2.64. The van der Waals surface area contributed by atoms with Crippen LogP contribution in [0.5, 0.6) is 5.88 Å². The van der Waals surface area contributed by atoms with Crippen LogP contribution in [0.1, 0.15) is 24.6 Å². The van der Waals surface area contributed by atoms with Crippen LogP contribution in [0.4, 0.5) is 4.79 Å². The molecule has 106 valence electrons. The zero-order valence-corrected chi connectivity index (χ0v) is 11.3. The monoisotopic (exact) mass is 278 g/mol. The van der Waals surface area contributed by atoms with Crippen LogP contribution in [-0.2, 0) is 4.74 Å². The summed E-state index contributed by atoms with van der Waals surface area (Å²) in [5, 5.41) is 3.83. The molecule has 0 aromatic carbocycles. The van der Waals surface area contributed by atoms with Crippen molar-refractivity contribution in [3.63, 3.8) is 0 Å². The van der Waals surface area contributed by atoms with Gasteiger partial charge >= 0.3 is 6.09 Å². The lowest BCUT2D eigenvalue weighted by Gasteiger charge is -2.05. The maximum atomic E-state index is 10.7. The largest absolute Gasteiger partial charge is 0.481 e. The predicted molar refractivity (Wildman–Crippen MR) is 67.9 cm³/mol. The number of carbonyl (C=O) groups is 1. The van der Waals surface area contributed by atoms with Crippen LogP contribution in [-0.4, -0.2) is 28.3 Å². The van der Waals surface area contributed by atoms with Gasteiger partial charge in [0.1, 0.15) is 0 Å². The molecular formula is C12H14N4O4. The minimum absolute atomic E-state index is 0.159. The number of carbonyl (C=O) groups excluding carboxylic acids is 1. The Bertz CT molecular complexity index is 626. The zero-order chi connectivity index (χ0) is 14.7. The molecule has 0 aliphatic carbocycles. The first-order valence-electron chi connectivity index (χ1n) is 5.82. The molecule has 0 bridgehead atoms. The summed E-state index contributed by atoms with van der Waals surface area (Å²) < 4.78 is 14.9. The van der Waals surface area contributed by atoms with Gasteiger partial charge in [0, 0.05) is 17.3 Å². The van der Waals surface area contributed by atoms with E-state index < -0.39 is 12.2 Å². The smallest absolute Gasteiger partial charge is 0.405 e. The van der Waals surface area contributed by atoms with Gasteiger partial charge in [0.15, 0.2) is 6.10 Å². The van der Waals surface area contributed by atoms with Gasteiger partial charge in [-0.2, -0.15) is 4.98 Å². The Kier molecular flexibility index (Phi) is 3.83. The normalized spacial score (nSPS) is 11.9. The van der Waals surface area contributed by atoms with E-state index in [2.05, 4.69) is 15.1 Å². The molecule has 0 aliphatic rings. The summed E-state index contributed by atoms with van der Waals surface area (Å²) in [6.45, 7) is 3.41. The van der Waals surface area contributed by atoms with Crippen LogP contribution in [0, 0.1) is 6.92 Å². The van der Waals surface area contributed by atoms with Gasteiger partial charge in [-0.1, -0.05) is 5.16 Å². The molecule has 20 heavy (non-hydrogen) atoms. The van der Waals surface area contributed by atoms with Crippen molar-refractivity contribution in [2.45, 2.75) is 20.0 Å². The Morgan fingerprint density at radius 1 is 1.40 bits per heavy atom. The van der Waals surface area contributed by atoms with Crippen molar-refractivity contribution >= 4 is 6.09 Å². The summed E-state index contributed by atoms with van der Waals surface area (Å²) in [6.07, 6.45) is -1.61. The quantitative estimate of drug-likeness (QED) is 0.903. The van der Waals surface area contributed by atoms with E-state index in [0.29, 0.717) is 17.3 Å². The molecule has 2 rings (SSSR count). The minimum Gasteiger partial charge on any atom is -0.481 e. The van der Waals surface area contributed by atoms with Crippen molar-refractivity contribution in [2.24, 2.45) is 5.73 Å². The number of nitrogens with two attached hydrogens (primary N) is 1. The molecule has 0 saturated carbocycles. The maximum Gasteiger partial charge on any atom is 0.405 e. The Labute approximate surface area is 114 Å². The molecule has 0 fully saturated rings. The lowest BCUT2D eigenvalue weighted by molar-refractivity contribution is 0.0959. The zero-order valence-electron chi connectivity index (χ0n) is 11.3. The first-order valence-corrected chi connectivity index (χ1v) is 5.82. The topological polar surface area (TPSA) is 113 Å². The SMILES string of the molecule is COc1cc(-c2noc([C@H](C)OC(N)=O)n2)cc(C)n1. The van der Waals surface area contributed by atoms with Crippen molar-refractivity contribution < 1.29 is 18.8 Å². The molecular weight excluding hydrogens is 264 g/mol. The van der Waals surface area contributed by atoms with Gasteiger partial charge in [0.05, 0.1) is 7.11 Å². The van der Waals surface area contributed by atoms with Gasteiger partial charge in [0.2, 0.25) is 11.7 Å². The molecule has 0 unspecified atom stereocenters. The number of methoxy groups -OCH3 is 1. The van der Waals surface area contributed by atoms with E-state index in [0.717, 1.165) is 5.69 Å². The fraction of sp³-hybridized carbons (Fsp3) is 0.333. The van der Waals surface area contributed by atoms with Gasteiger partial charge in [-0.05, 0) is 19.9 Å². The van der Waals surface area contributed by atoms with Gasteiger partial charge in [-0.15, -0.1) is 0 Å². The van der Waals surface area contributed by atoms with Gasteiger partial charge in [-0.3, -0.25) is 0 Å².